The number of carbonyl (C=O) groups excluding carboxylic acids is 2. The molecule has 0 radical (unpaired) electrons. The summed E-state index contributed by atoms with van der Waals surface area (Å²) >= 11 is 6.39. The third kappa shape index (κ3) is 9.05. The van der Waals surface area contributed by atoms with E-state index in [0.717, 1.165) is 62.0 Å². The van der Waals surface area contributed by atoms with Gasteiger partial charge in [0.1, 0.15) is 18.0 Å². The van der Waals surface area contributed by atoms with E-state index in [0.29, 0.717) is 63.1 Å². The summed E-state index contributed by atoms with van der Waals surface area (Å²) in [4.78, 5) is 33.2. The second-order valence-corrected chi connectivity index (χ2v) is 17.7. The Bertz CT molecular complexity index is 1770. The maximum atomic E-state index is 13.6. The van der Waals surface area contributed by atoms with Crippen molar-refractivity contribution in [2.45, 2.75) is 69.8 Å². The quantitative estimate of drug-likeness (QED) is 0.391. The van der Waals surface area contributed by atoms with Gasteiger partial charge in [-0.25, -0.2) is 13.1 Å². The Morgan fingerprint density at radius 3 is 2.58 bits per heavy atom. The number of rotatable bonds is 6. The average Bonchev–Trinajstić information content (AvgIpc) is 3.15. The zero-order valence-corrected chi connectivity index (χ0v) is 33.1. The average molecular weight is 771 g/mol. The first-order valence-corrected chi connectivity index (χ1v) is 20.9. The number of allylic oxidation sites excluding steroid dienone is 1. The van der Waals surface area contributed by atoms with Gasteiger partial charge in [0.2, 0.25) is 15.9 Å². The SMILES string of the molecule is COCCN1CCN(C[C@@]2(OC)/C=C/C[C@H](C)[C@@H](C)S(=O)(=O)NC(=O)c3ccc4c(c3)N(CCCCc3cc(Cl)ccc3CO4)C[C@@H]3CC[C@H]32)CC1=O. The molecule has 11 nitrogen and oxygen atoms in total. The van der Waals surface area contributed by atoms with E-state index in [4.69, 9.17) is 25.8 Å². The van der Waals surface area contributed by atoms with Crippen LogP contribution in [-0.2, 0) is 37.3 Å². The van der Waals surface area contributed by atoms with Crippen molar-refractivity contribution in [3.8, 4) is 5.75 Å². The number of halogens is 1. The van der Waals surface area contributed by atoms with Crippen LogP contribution in [0.3, 0.4) is 0 Å². The molecule has 6 rings (SSSR count). The van der Waals surface area contributed by atoms with Gasteiger partial charge in [-0.05, 0) is 105 Å². The monoisotopic (exact) mass is 770 g/mol. The molecular formula is C40H55ClN4O7S. The molecular weight excluding hydrogens is 716 g/mol. The number of sulfonamides is 1. The smallest absolute Gasteiger partial charge is 0.264 e. The molecule has 0 spiro atoms. The Hall–Kier alpha value is -3.16. The van der Waals surface area contributed by atoms with Crippen LogP contribution in [0.1, 0.15) is 67.4 Å². The fraction of sp³-hybridized carbons (Fsp3) is 0.600. The molecule has 290 valence electrons. The lowest BCUT2D eigenvalue weighted by Gasteiger charge is -2.51. The molecule has 0 aromatic heterocycles. The van der Waals surface area contributed by atoms with Crippen LogP contribution in [0.2, 0.25) is 5.02 Å². The summed E-state index contributed by atoms with van der Waals surface area (Å²) in [6.07, 6.45) is 9.34. The summed E-state index contributed by atoms with van der Waals surface area (Å²) in [7, 11) is -0.597. The van der Waals surface area contributed by atoms with E-state index in [1.807, 2.05) is 36.1 Å². The van der Waals surface area contributed by atoms with E-state index in [-0.39, 0.29) is 29.2 Å². The molecule has 0 unspecified atom stereocenters. The molecule has 1 saturated carbocycles. The first-order chi connectivity index (χ1) is 25.4. The van der Waals surface area contributed by atoms with Gasteiger partial charge in [-0.15, -0.1) is 0 Å². The van der Waals surface area contributed by atoms with Gasteiger partial charge in [-0.3, -0.25) is 14.5 Å². The van der Waals surface area contributed by atoms with Gasteiger partial charge in [0.25, 0.3) is 5.91 Å². The summed E-state index contributed by atoms with van der Waals surface area (Å²) in [5, 5.41) is -0.132. The molecule has 2 bridgehead atoms. The summed E-state index contributed by atoms with van der Waals surface area (Å²) in [5.41, 5.74) is 2.56. The normalized spacial score (nSPS) is 29.1. The minimum absolute atomic E-state index is 0.0805. The van der Waals surface area contributed by atoms with Crippen molar-refractivity contribution in [2.24, 2.45) is 17.8 Å². The number of carbonyl (C=O) groups is 2. The third-order valence-corrected chi connectivity index (χ3v) is 14.1. The van der Waals surface area contributed by atoms with Crippen molar-refractivity contribution in [3.63, 3.8) is 0 Å². The molecule has 3 aliphatic heterocycles. The molecule has 1 aliphatic carbocycles. The number of benzene rings is 2. The van der Waals surface area contributed by atoms with Crippen LogP contribution in [-0.4, -0.2) is 108 Å². The maximum Gasteiger partial charge on any atom is 0.264 e. The van der Waals surface area contributed by atoms with Crippen LogP contribution in [0, 0.1) is 17.8 Å². The Morgan fingerprint density at radius 2 is 1.85 bits per heavy atom. The summed E-state index contributed by atoms with van der Waals surface area (Å²) < 4.78 is 47.8. The minimum atomic E-state index is -4.00. The highest BCUT2D eigenvalue weighted by Crippen LogP contribution is 2.47. The number of nitrogens with zero attached hydrogens (tertiary/aromatic N) is 3. The molecule has 5 atom stereocenters. The number of anilines is 1. The fourth-order valence-corrected chi connectivity index (χ4v) is 9.79. The Kier molecular flexibility index (Phi) is 12.8. The van der Waals surface area contributed by atoms with E-state index < -0.39 is 26.8 Å². The van der Waals surface area contributed by atoms with Gasteiger partial charge < -0.3 is 24.0 Å². The predicted octanol–water partition coefficient (Wildman–Crippen LogP) is 5.31. The number of fused-ring (bicyclic) bond motifs is 3. The lowest BCUT2D eigenvalue weighted by molar-refractivity contribution is -0.140. The van der Waals surface area contributed by atoms with Crippen LogP contribution in [0.5, 0.6) is 5.75 Å². The topological polar surface area (TPSA) is 118 Å². The third-order valence-electron chi connectivity index (χ3n) is 12.0. The molecule has 3 heterocycles. The molecule has 2 fully saturated rings. The maximum absolute atomic E-state index is 13.6. The van der Waals surface area contributed by atoms with Crippen LogP contribution in [0.15, 0.2) is 48.6 Å². The Labute approximate surface area is 320 Å². The summed E-state index contributed by atoms with van der Waals surface area (Å²) in [6, 6.07) is 11.1. The number of piperazine rings is 1. The van der Waals surface area contributed by atoms with E-state index in [9.17, 15) is 18.0 Å². The van der Waals surface area contributed by atoms with Crippen molar-refractivity contribution in [2.75, 3.05) is 71.5 Å². The number of nitrogens with one attached hydrogen (secondary N) is 1. The van der Waals surface area contributed by atoms with Crippen LogP contribution in [0.25, 0.3) is 0 Å². The highest BCUT2D eigenvalue weighted by Gasteiger charge is 2.48. The van der Waals surface area contributed by atoms with E-state index in [2.05, 4.69) is 20.6 Å². The second-order valence-electron chi connectivity index (χ2n) is 15.3. The fourth-order valence-electron chi connectivity index (χ4n) is 8.31. The molecule has 4 aliphatic rings. The van der Waals surface area contributed by atoms with Crippen LogP contribution < -0.4 is 14.4 Å². The highest BCUT2D eigenvalue weighted by atomic mass is 35.5. The van der Waals surface area contributed by atoms with Crippen molar-refractivity contribution >= 4 is 39.1 Å². The molecule has 1 N–H and O–H groups in total. The molecule has 1 saturated heterocycles. The minimum Gasteiger partial charge on any atom is -0.487 e. The van der Waals surface area contributed by atoms with Crippen molar-refractivity contribution in [3.05, 3.63) is 70.3 Å². The number of ether oxygens (including phenoxy) is 3. The van der Waals surface area contributed by atoms with Gasteiger partial charge >= 0.3 is 0 Å². The van der Waals surface area contributed by atoms with Gasteiger partial charge in [0.15, 0.2) is 0 Å². The number of hydrogen-bond donors (Lipinski definition) is 1. The van der Waals surface area contributed by atoms with Gasteiger partial charge in [0, 0.05) is 64.1 Å². The van der Waals surface area contributed by atoms with Crippen molar-refractivity contribution < 1.29 is 32.2 Å². The molecule has 2 amide bonds. The first kappa shape index (κ1) is 39.5. The Morgan fingerprint density at radius 1 is 1.02 bits per heavy atom. The second kappa shape index (κ2) is 17.1. The number of amides is 2. The summed E-state index contributed by atoms with van der Waals surface area (Å²) in [6.45, 7) is 8.59. The summed E-state index contributed by atoms with van der Waals surface area (Å²) in [5.74, 6) is 0.187. The standard InChI is InChI=1S/C40H55ClN4O7S/c1-28-8-7-16-40(51-4,27-43-18-19-44(20-21-50-3)38(46)25-43)35-14-11-32(35)24-45-17-6-5-9-30-22-34(41)13-10-33(30)26-52-37-15-12-31(23-36(37)45)39(47)42-53(48,49)29(28)2/h7,10,12-13,15-16,22-23,28-29,32,35H,5-6,8-9,11,14,17-21,24-27H2,1-4H3,(H,42,47)/b16-7+/t28-,29+,32-,35+,40-/m0/s1. The molecule has 2 aromatic rings. The molecule has 13 heteroatoms. The highest BCUT2D eigenvalue weighted by molar-refractivity contribution is 7.90. The molecule has 53 heavy (non-hydrogen) atoms. The van der Waals surface area contributed by atoms with Gasteiger partial charge in [-0.1, -0.05) is 36.7 Å². The lowest BCUT2D eigenvalue weighted by atomic mass is 9.63. The van der Waals surface area contributed by atoms with E-state index in [1.165, 1.54) is 0 Å². The van der Waals surface area contributed by atoms with Gasteiger partial charge in [-0.2, -0.15) is 0 Å². The first-order valence-electron chi connectivity index (χ1n) is 19.0. The number of methoxy groups -OCH3 is 2. The number of hydrogen-bond acceptors (Lipinski definition) is 9. The van der Waals surface area contributed by atoms with Gasteiger partial charge in [0.05, 0.1) is 24.1 Å². The van der Waals surface area contributed by atoms with Crippen LogP contribution in [0.4, 0.5) is 5.69 Å². The van der Waals surface area contributed by atoms with Crippen molar-refractivity contribution in [1.29, 1.82) is 0 Å². The van der Waals surface area contributed by atoms with E-state index >= 15 is 0 Å². The largest absolute Gasteiger partial charge is 0.487 e. The zero-order chi connectivity index (χ0) is 37.8. The van der Waals surface area contributed by atoms with E-state index in [1.54, 1.807) is 39.3 Å². The molecule has 2 aromatic carbocycles. The van der Waals surface area contributed by atoms with Crippen molar-refractivity contribution in [1.82, 2.24) is 14.5 Å². The predicted molar refractivity (Wildman–Crippen MR) is 207 cm³/mol. The zero-order valence-electron chi connectivity index (χ0n) is 31.5. The lowest BCUT2D eigenvalue weighted by Crippen LogP contribution is -2.60. The number of aryl methyl sites for hydroxylation is 1. The van der Waals surface area contributed by atoms with Crippen LogP contribution >= 0.6 is 11.6 Å². The Balaban J connectivity index is 1.36.